The average Bonchev–Trinajstić information content (AvgIpc) is 2.80. The SMILES string of the molecule is Cc1c2c(c(C)c3[nH]c(=O)ccc13)CC(CO)O2. The van der Waals surface area contributed by atoms with Crippen LogP contribution in [0, 0.1) is 13.8 Å². The molecule has 3 rings (SSSR count). The van der Waals surface area contributed by atoms with E-state index in [0.29, 0.717) is 6.42 Å². The molecule has 1 aliphatic heterocycles. The Labute approximate surface area is 104 Å². The van der Waals surface area contributed by atoms with Gasteiger partial charge >= 0.3 is 0 Å². The van der Waals surface area contributed by atoms with Gasteiger partial charge in [-0.1, -0.05) is 0 Å². The number of rotatable bonds is 1. The van der Waals surface area contributed by atoms with Crippen LogP contribution in [0.4, 0.5) is 0 Å². The van der Waals surface area contributed by atoms with Crippen molar-refractivity contribution in [3.05, 3.63) is 39.2 Å². The second kappa shape index (κ2) is 3.85. The van der Waals surface area contributed by atoms with Gasteiger partial charge in [0, 0.05) is 29.0 Å². The van der Waals surface area contributed by atoms with Crippen LogP contribution in [0.5, 0.6) is 5.75 Å². The molecule has 1 aromatic carbocycles. The van der Waals surface area contributed by atoms with Crippen molar-refractivity contribution in [3.8, 4) is 5.75 Å². The highest BCUT2D eigenvalue weighted by atomic mass is 16.5. The number of aromatic amines is 1. The molecule has 1 aliphatic rings. The maximum atomic E-state index is 11.4. The Hall–Kier alpha value is -1.81. The van der Waals surface area contributed by atoms with Crippen LogP contribution in [0.15, 0.2) is 16.9 Å². The number of aliphatic hydroxyl groups excluding tert-OH is 1. The van der Waals surface area contributed by atoms with E-state index in [0.717, 1.165) is 33.3 Å². The number of benzene rings is 1. The summed E-state index contributed by atoms with van der Waals surface area (Å²) >= 11 is 0. The van der Waals surface area contributed by atoms with E-state index in [1.165, 1.54) is 6.07 Å². The van der Waals surface area contributed by atoms with Crippen molar-refractivity contribution < 1.29 is 9.84 Å². The lowest BCUT2D eigenvalue weighted by Crippen LogP contribution is -2.17. The van der Waals surface area contributed by atoms with Crippen LogP contribution in [0.3, 0.4) is 0 Å². The smallest absolute Gasteiger partial charge is 0.248 e. The van der Waals surface area contributed by atoms with Crippen molar-refractivity contribution in [1.29, 1.82) is 0 Å². The summed E-state index contributed by atoms with van der Waals surface area (Å²) in [5.41, 5.74) is 3.95. The van der Waals surface area contributed by atoms with Gasteiger partial charge in [-0.15, -0.1) is 0 Å². The molecule has 1 atom stereocenters. The molecule has 1 aromatic heterocycles. The number of hydrogen-bond donors (Lipinski definition) is 2. The summed E-state index contributed by atoms with van der Waals surface area (Å²) in [6.07, 6.45) is 0.534. The largest absolute Gasteiger partial charge is 0.487 e. The van der Waals surface area contributed by atoms with Crippen LogP contribution >= 0.6 is 0 Å². The molecule has 0 bridgehead atoms. The van der Waals surface area contributed by atoms with Gasteiger partial charge in [0.05, 0.1) is 12.1 Å². The van der Waals surface area contributed by atoms with E-state index >= 15 is 0 Å². The standard InChI is InChI=1S/C14H15NO3/c1-7-11-5-9(6-16)18-14(11)8(2)10-3-4-12(17)15-13(7)10/h3-4,9,16H,5-6H2,1-2H3,(H,15,17). The van der Waals surface area contributed by atoms with Crippen LogP contribution in [-0.4, -0.2) is 22.8 Å². The summed E-state index contributed by atoms with van der Waals surface area (Å²) in [5.74, 6) is 0.867. The van der Waals surface area contributed by atoms with Crippen LogP contribution in [0.25, 0.3) is 10.9 Å². The first-order valence-electron chi connectivity index (χ1n) is 6.04. The second-order valence-electron chi connectivity index (χ2n) is 4.80. The average molecular weight is 245 g/mol. The van der Waals surface area contributed by atoms with E-state index in [-0.39, 0.29) is 18.3 Å². The van der Waals surface area contributed by atoms with Crippen molar-refractivity contribution >= 4 is 10.9 Å². The number of ether oxygens (including phenoxy) is 1. The zero-order valence-electron chi connectivity index (χ0n) is 10.4. The van der Waals surface area contributed by atoms with Crippen molar-refractivity contribution in [2.24, 2.45) is 0 Å². The molecule has 2 aromatic rings. The second-order valence-corrected chi connectivity index (χ2v) is 4.80. The van der Waals surface area contributed by atoms with Gasteiger partial charge in [0.1, 0.15) is 11.9 Å². The fourth-order valence-corrected chi connectivity index (χ4v) is 2.70. The van der Waals surface area contributed by atoms with E-state index in [1.54, 1.807) is 0 Å². The predicted molar refractivity (Wildman–Crippen MR) is 69.2 cm³/mol. The van der Waals surface area contributed by atoms with Gasteiger partial charge in [-0.3, -0.25) is 4.79 Å². The van der Waals surface area contributed by atoms with E-state index in [9.17, 15) is 9.90 Å². The van der Waals surface area contributed by atoms with Gasteiger partial charge in [-0.2, -0.15) is 0 Å². The Morgan fingerprint density at radius 3 is 2.89 bits per heavy atom. The molecule has 94 valence electrons. The Morgan fingerprint density at radius 2 is 2.17 bits per heavy atom. The number of aliphatic hydroxyl groups is 1. The summed E-state index contributed by atoms with van der Waals surface area (Å²) in [6, 6.07) is 3.35. The first-order valence-corrected chi connectivity index (χ1v) is 6.04. The molecule has 2 N–H and O–H groups in total. The Balaban J connectivity index is 2.35. The quantitative estimate of drug-likeness (QED) is 0.799. The molecule has 0 amide bonds. The first-order chi connectivity index (χ1) is 8.61. The van der Waals surface area contributed by atoms with Gasteiger partial charge in [0.15, 0.2) is 0 Å². The summed E-state index contributed by atoms with van der Waals surface area (Å²) in [6.45, 7) is 3.98. The summed E-state index contributed by atoms with van der Waals surface area (Å²) in [7, 11) is 0. The molecule has 0 aliphatic carbocycles. The molecule has 0 saturated heterocycles. The summed E-state index contributed by atoms with van der Waals surface area (Å²) in [4.78, 5) is 14.3. The Kier molecular flexibility index (Phi) is 2.41. The zero-order chi connectivity index (χ0) is 12.9. The number of aromatic nitrogens is 1. The van der Waals surface area contributed by atoms with Gasteiger partial charge in [0.2, 0.25) is 5.56 Å². The molecule has 0 radical (unpaired) electrons. The van der Waals surface area contributed by atoms with E-state index in [4.69, 9.17) is 4.74 Å². The molecular formula is C14H15NO3. The van der Waals surface area contributed by atoms with Gasteiger partial charge in [-0.25, -0.2) is 0 Å². The molecule has 0 fully saturated rings. The summed E-state index contributed by atoms with van der Waals surface area (Å²) in [5, 5.41) is 10.2. The number of pyridine rings is 1. The third kappa shape index (κ3) is 1.46. The Bertz CT molecular complexity index is 687. The van der Waals surface area contributed by atoms with Crippen LogP contribution in [0.1, 0.15) is 16.7 Å². The number of aryl methyl sites for hydroxylation is 2. The highest BCUT2D eigenvalue weighted by Gasteiger charge is 2.27. The normalized spacial score (nSPS) is 17.8. The third-order valence-electron chi connectivity index (χ3n) is 3.69. The van der Waals surface area contributed by atoms with E-state index in [2.05, 4.69) is 4.98 Å². The molecule has 18 heavy (non-hydrogen) atoms. The van der Waals surface area contributed by atoms with Crippen LogP contribution in [-0.2, 0) is 6.42 Å². The molecule has 0 saturated carbocycles. The predicted octanol–water partition coefficient (Wildman–Crippen LogP) is 1.44. The highest BCUT2D eigenvalue weighted by molar-refractivity contribution is 5.89. The number of hydrogen-bond acceptors (Lipinski definition) is 3. The van der Waals surface area contributed by atoms with E-state index in [1.807, 2.05) is 19.9 Å². The van der Waals surface area contributed by atoms with Crippen LogP contribution < -0.4 is 10.3 Å². The third-order valence-corrected chi connectivity index (χ3v) is 3.69. The fraction of sp³-hybridized carbons (Fsp3) is 0.357. The van der Waals surface area contributed by atoms with Crippen molar-refractivity contribution in [2.75, 3.05) is 6.61 Å². The maximum absolute atomic E-state index is 11.4. The minimum Gasteiger partial charge on any atom is -0.487 e. The monoisotopic (exact) mass is 245 g/mol. The van der Waals surface area contributed by atoms with E-state index < -0.39 is 0 Å². The minimum absolute atomic E-state index is 0.0143. The Morgan fingerprint density at radius 1 is 1.39 bits per heavy atom. The fourth-order valence-electron chi connectivity index (χ4n) is 2.70. The van der Waals surface area contributed by atoms with Crippen molar-refractivity contribution in [2.45, 2.75) is 26.4 Å². The lowest BCUT2D eigenvalue weighted by Gasteiger charge is -2.12. The molecular weight excluding hydrogens is 230 g/mol. The molecule has 4 nitrogen and oxygen atoms in total. The zero-order valence-corrected chi connectivity index (χ0v) is 10.4. The molecule has 4 heteroatoms. The van der Waals surface area contributed by atoms with Gasteiger partial charge < -0.3 is 14.8 Å². The number of nitrogens with one attached hydrogen (secondary N) is 1. The molecule has 1 unspecified atom stereocenters. The van der Waals surface area contributed by atoms with Gasteiger partial charge in [0.25, 0.3) is 0 Å². The minimum atomic E-state index is -0.166. The van der Waals surface area contributed by atoms with Crippen molar-refractivity contribution in [1.82, 2.24) is 4.98 Å². The first kappa shape index (κ1) is 11.3. The highest BCUT2D eigenvalue weighted by Crippen LogP contribution is 2.39. The van der Waals surface area contributed by atoms with Crippen molar-refractivity contribution in [3.63, 3.8) is 0 Å². The lowest BCUT2D eigenvalue weighted by molar-refractivity contribution is 0.134. The number of fused-ring (bicyclic) bond motifs is 2. The number of H-pyrrole nitrogens is 1. The van der Waals surface area contributed by atoms with Gasteiger partial charge in [-0.05, 0) is 25.5 Å². The topological polar surface area (TPSA) is 62.3 Å². The van der Waals surface area contributed by atoms with Crippen LogP contribution in [0.2, 0.25) is 0 Å². The molecule has 2 heterocycles. The maximum Gasteiger partial charge on any atom is 0.248 e. The molecule has 0 spiro atoms. The lowest BCUT2D eigenvalue weighted by atomic mass is 9.96. The summed E-state index contributed by atoms with van der Waals surface area (Å²) < 4.78 is 5.76.